The molecule has 1 amide bonds. The highest BCUT2D eigenvalue weighted by atomic mass is 32.2. The summed E-state index contributed by atoms with van der Waals surface area (Å²) in [5, 5.41) is 9.43. The van der Waals surface area contributed by atoms with Crippen molar-refractivity contribution in [3.63, 3.8) is 0 Å². The van der Waals surface area contributed by atoms with Crippen molar-refractivity contribution in [2.45, 2.75) is 44.6 Å². The van der Waals surface area contributed by atoms with Gasteiger partial charge in [-0.25, -0.2) is 14.6 Å². The molecule has 0 fully saturated rings. The Bertz CT molecular complexity index is 1330. The third-order valence-electron chi connectivity index (χ3n) is 5.96. The Kier molecular flexibility index (Phi) is 6.15. The summed E-state index contributed by atoms with van der Waals surface area (Å²) in [6.45, 7) is 7.21. The molecule has 0 atom stereocenters. The zero-order valence-corrected chi connectivity index (χ0v) is 20.3. The van der Waals surface area contributed by atoms with E-state index in [1.54, 1.807) is 4.68 Å². The van der Waals surface area contributed by atoms with Gasteiger partial charge in [0.15, 0.2) is 10.9 Å². The van der Waals surface area contributed by atoms with Crippen LogP contribution in [0.4, 0.5) is 0 Å². The van der Waals surface area contributed by atoms with Gasteiger partial charge in [-0.3, -0.25) is 4.79 Å². The lowest BCUT2D eigenvalue weighted by Gasteiger charge is -2.28. The summed E-state index contributed by atoms with van der Waals surface area (Å²) in [4.78, 5) is 24.6. The summed E-state index contributed by atoms with van der Waals surface area (Å²) in [6.07, 6.45) is 0.842. The molecule has 8 heteroatoms. The highest BCUT2D eigenvalue weighted by molar-refractivity contribution is 7.98. The van der Waals surface area contributed by atoms with E-state index < -0.39 is 0 Å². The molecule has 1 aliphatic heterocycles. The highest BCUT2D eigenvalue weighted by Crippen LogP contribution is 2.26. The van der Waals surface area contributed by atoms with Crippen LogP contribution >= 0.6 is 11.8 Å². The van der Waals surface area contributed by atoms with Crippen molar-refractivity contribution in [1.29, 1.82) is 0 Å². The summed E-state index contributed by atoms with van der Waals surface area (Å²) in [5.41, 5.74) is 7.50. The summed E-state index contributed by atoms with van der Waals surface area (Å²) in [5.74, 6) is 0.389. The Balaban J connectivity index is 1.48. The normalized spacial score (nSPS) is 13.1. The lowest BCUT2D eigenvalue weighted by molar-refractivity contribution is 0.0727. The van der Waals surface area contributed by atoms with Gasteiger partial charge in [0.25, 0.3) is 5.91 Å². The minimum Gasteiger partial charge on any atom is -0.333 e. The maximum atomic E-state index is 13.6. The van der Waals surface area contributed by atoms with Crippen LogP contribution in [0.1, 0.15) is 44.3 Å². The van der Waals surface area contributed by atoms with Crippen LogP contribution in [0.3, 0.4) is 0 Å². The molecular formula is C26H26N6OS. The minimum atomic E-state index is -0.0928. The molecule has 0 aliphatic carbocycles. The van der Waals surface area contributed by atoms with Crippen LogP contribution in [0.5, 0.6) is 0 Å². The minimum absolute atomic E-state index is 0.0928. The number of amides is 1. The van der Waals surface area contributed by atoms with Gasteiger partial charge in [-0.15, -0.1) is 5.10 Å². The molecule has 7 nitrogen and oxygen atoms in total. The summed E-state index contributed by atoms with van der Waals surface area (Å²) in [6, 6.07) is 18.3. The molecule has 2 aromatic carbocycles. The van der Waals surface area contributed by atoms with Gasteiger partial charge in [0.05, 0.1) is 11.4 Å². The first kappa shape index (κ1) is 22.3. The number of rotatable bonds is 5. The van der Waals surface area contributed by atoms with Crippen molar-refractivity contribution in [2.24, 2.45) is 0 Å². The molecule has 2 aromatic heterocycles. The Morgan fingerprint density at radius 2 is 1.68 bits per heavy atom. The number of fused-ring (bicyclic) bond motifs is 1. The van der Waals surface area contributed by atoms with Gasteiger partial charge >= 0.3 is 0 Å². The first-order valence-electron chi connectivity index (χ1n) is 11.3. The third kappa shape index (κ3) is 4.59. The monoisotopic (exact) mass is 470 g/mol. The van der Waals surface area contributed by atoms with Crippen LogP contribution in [0.2, 0.25) is 0 Å². The average Bonchev–Trinajstić information content (AvgIpc) is 3.25. The number of aryl methyl sites for hydroxylation is 3. The maximum Gasteiger partial charge on any atom is 0.276 e. The quantitative estimate of drug-likeness (QED) is 0.316. The average molecular weight is 471 g/mol. The predicted molar refractivity (Wildman–Crippen MR) is 132 cm³/mol. The third-order valence-corrected chi connectivity index (χ3v) is 6.82. The van der Waals surface area contributed by atoms with E-state index >= 15 is 0 Å². The van der Waals surface area contributed by atoms with E-state index in [4.69, 9.17) is 0 Å². The van der Waals surface area contributed by atoms with Crippen LogP contribution in [0.25, 0.3) is 5.69 Å². The molecular weight excluding hydrogens is 444 g/mol. The summed E-state index contributed by atoms with van der Waals surface area (Å²) in [7, 11) is 0. The molecule has 0 spiro atoms. The second-order valence-electron chi connectivity index (χ2n) is 8.60. The van der Waals surface area contributed by atoms with Crippen molar-refractivity contribution in [2.75, 3.05) is 6.54 Å². The first-order chi connectivity index (χ1) is 16.5. The second kappa shape index (κ2) is 9.38. The number of aromatic nitrogens is 5. The van der Waals surface area contributed by atoms with E-state index in [1.807, 2.05) is 68.1 Å². The lowest BCUT2D eigenvalue weighted by Crippen LogP contribution is -2.36. The topological polar surface area (TPSA) is 76.8 Å². The molecule has 0 radical (unpaired) electrons. The number of thioether (sulfide) groups is 1. The molecule has 172 valence electrons. The second-order valence-corrected chi connectivity index (χ2v) is 9.54. The van der Waals surface area contributed by atoms with E-state index in [1.165, 1.54) is 22.9 Å². The van der Waals surface area contributed by atoms with Crippen molar-refractivity contribution in [3.05, 3.63) is 94.1 Å². The van der Waals surface area contributed by atoms with Crippen LogP contribution in [-0.4, -0.2) is 42.3 Å². The molecule has 0 N–H and O–H groups in total. The van der Waals surface area contributed by atoms with E-state index in [2.05, 4.69) is 32.4 Å². The van der Waals surface area contributed by atoms with Crippen molar-refractivity contribution in [1.82, 2.24) is 29.9 Å². The fourth-order valence-electron chi connectivity index (χ4n) is 4.20. The molecule has 1 aliphatic rings. The van der Waals surface area contributed by atoms with Gasteiger partial charge in [0, 0.05) is 30.2 Å². The van der Waals surface area contributed by atoms with Crippen molar-refractivity contribution < 1.29 is 4.79 Å². The van der Waals surface area contributed by atoms with Crippen molar-refractivity contribution >= 4 is 17.7 Å². The number of hydrogen-bond donors (Lipinski definition) is 0. The lowest BCUT2D eigenvalue weighted by atomic mass is 9.99. The smallest absolute Gasteiger partial charge is 0.276 e. The van der Waals surface area contributed by atoms with E-state index in [0.29, 0.717) is 29.7 Å². The maximum absolute atomic E-state index is 13.6. The SMILES string of the molecule is Cc1ccc(-n2nnc(C(=O)N3CCc4ccccc4C3)c2CSc2nc(C)cc(C)n2)cc1. The van der Waals surface area contributed by atoms with E-state index in [-0.39, 0.29) is 5.91 Å². The van der Waals surface area contributed by atoms with Crippen molar-refractivity contribution in [3.8, 4) is 5.69 Å². The molecule has 0 unspecified atom stereocenters. The van der Waals surface area contributed by atoms with Gasteiger partial charge in [0.1, 0.15) is 0 Å². The number of carbonyl (C=O) groups is 1. The number of hydrogen-bond acceptors (Lipinski definition) is 6. The Morgan fingerprint density at radius 3 is 2.41 bits per heavy atom. The van der Waals surface area contributed by atoms with Gasteiger partial charge in [-0.1, -0.05) is 58.9 Å². The largest absolute Gasteiger partial charge is 0.333 e. The molecule has 4 aromatic rings. The van der Waals surface area contributed by atoms with Gasteiger partial charge in [-0.2, -0.15) is 0 Å². The first-order valence-corrected chi connectivity index (χ1v) is 12.3. The molecule has 0 saturated heterocycles. The zero-order chi connectivity index (χ0) is 23.7. The molecule has 0 bridgehead atoms. The molecule has 0 saturated carbocycles. The highest BCUT2D eigenvalue weighted by Gasteiger charge is 2.28. The predicted octanol–water partition coefficient (Wildman–Crippen LogP) is 4.47. The van der Waals surface area contributed by atoms with Crippen LogP contribution in [0, 0.1) is 20.8 Å². The Hall–Kier alpha value is -3.52. The van der Waals surface area contributed by atoms with Gasteiger partial charge in [-0.05, 0) is 56.5 Å². The number of benzene rings is 2. The molecule has 5 rings (SSSR count). The zero-order valence-electron chi connectivity index (χ0n) is 19.5. The fourth-order valence-corrected chi connectivity index (χ4v) is 5.14. The van der Waals surface area contributed by atoms with Gasteiger partial charge < -0.3 is 4.90 Å². The number of nitrogens with zero attached hydrogens (tertiary/aromatic N) is 6. The summed E-state index contributed by atoms with van der Waals surface area (Å²) >= 11 is 1.49. The van der Waals surface area contributed by atoms with Crippen LogP contribution < -0.4 is 0 Å². The number of carbonyl (C=O) groups excluding carboxylic acids is 1. The van der Waals surface area contributed by atoms with Gasteiger partial charge in [0.2, 0.25) is 0 Å². The van der Waals surface area contributed by atoms with Crippen LogP contribution in [-0.2, 0) is 18.7 Å². The van der Waals surface area contributed by atoms with E-state index in [0.717, 1.165) is 34.8 Å². The fraction of sp³-hybridized carbons (Fsp3) is 0.269. The Morgan fingerprint density at radius 1 is 0.971 bits per heavy atom. The summed E-state index contributed by atoms with van der Waals surface area (Å²) < 4.78 is 1.76. The van der Waals surface area contributed by atoms with E-state index in [9.17, 15) is 4.79 Å². The molecule has 34 heavy (non-hydrogen) atoms. The Labute approximate surface area is 203 Å². The standard InChI is InChI=1S/C26H26N6OS/c1-17-8-10-22(11-9-17)32-23(16-34-26-27-18(2)14-19(3)28-26)24(29-30-32)25(33)31-13-12-20-6-4-5-7-21(20)15-31/h4-11,14H,12-13,15-16H2,1-3H3. The molecule has 3 heterocycles. The van der Waals surface area contributed by atoms with Crippen LogP contribution in [0.15, 0.2) is 59.8 Å².